The molecule has 0 aliphatic carbocycles. The highest BCUT2D eigenvalue weighted by atomic mass is 32.2. The summed E-state index contributed by atoms with van der Waals surface area (Å²) in [4.78, 5) is 15.0. The van der Waals surface area contributed by atoms with Crippen LogP contribution in [0.3, 0.4) is 0 Å². The van der Waals surface area contributed by atoms with Crippen LogP contribution in [0.4, 0.5) is 11.4 Å². The van der Waals surface area contributed by atoms with Crippen LogP contribution in [-0.4, -0.2) is 20.4 Å². The topological polar surface area (TPSA) is 66.5 Å². The second-order valence-corrected chi connectivity index (χ2v) is 8.54. The molecule has 0 spiro atoms. The van der Waals surface area contributed by atoms with Crippen molar-refractivity contribution in [2.45, 2.75) is 24.3 Å². The van der Waals surface area contributed by atoms with Crippen LogP contribution >= 0.6 is 0 Å². The van der Waals surface area contributed by atoms with Crippen molar-refractivity contribution in [1.82, 2.24) is 0 Å². The van der Waals surface area contributed by atoms with Gasteiger partial charge in [0.25, 0.3) is 15.9 Å². The van der Waals surface area contributed by atoms with Gasteiger partial charge in [-0.1, -0.05) is 36.4 Å². The van der Waals surface area contributed by atoms with Gasteiger partial charge in [-0.15, -0.1) is 0 Å². The molecule has 4 rings (SSSR count). The van der Waals surface area contributed by atoms with E-state index in [0.717, 1.165) is 17.7 Å². The maximum absolute atomic E-state index is 13.0. The highest BCUT2D eigenvalue weighted by molar-refractivity contribution is 7.92. The van der Waals surface area contributed by atoms with Gasteiger partial charge in [-0.25, -0.2) is 8.42 Å². The number of para-hydroxylation sites is 1. The first-order valence-electron chi connectivity index (χ1n) is 9.05. The van der Waals surface area contributed by atoms with E-state index in [0.29, 0.717) is 11.3 Å². The van der Waals surface area contributed by atoms with Crippen LogP contribution in [0.5, 0.6) is 0 Å². The second kappa shape index (κ2) is 7.13. The highest BCUT2D eigenvalue weighted by Crippen LogP contribution is 2.33. The van der Waals surface area contributed by atoms with E-state index < -0.39 is 10.0 Å². The molecule has 0 bridgehead atoms. The molecule has 3 aromatic rings. The van der Waals surface area contributed by atoms with Crippen molar-refractivity contribution >= 4 is 27.3 Å². The van der Waals surface area contributed by atoms with Gasteiger partial charge in [0.1, 0.15) is 0 Å². The zero-order chi connectivity index (χ0) is 19.7. The molecular formula is C22H20N2O3S. The summed E-state index contributed by atoms with van der Waals surface area (Å²) in [5, 5.41) is 0. The van der Waals surface area contributed by atoms with E-state index in [4.69, 9.17) is 0 Å². The average molecular weight is 392 g/mol. The first kappa shape index (κ1) is 18.3. The van der Waals surface area contributed by atoms with Gasteiger partial charge in [0.05, 0.1) is 4.90 Å². The summed E-state index contributed by atoms with van der Waals surface area (Å²) in [6.45, 7) is 2.03. The number of nitrogens with zero attached hydrogens (tertiary/aromatic N) is 1. The van der Waals surface area contributed by atoms with Crippen molar-refractivity contribution in [2.75, 3.05) is 9.62 Å². The minimum absolute atomic E-state index is 0.0844. The number of carbonyl (C=O) groups excluding carboxylic acids is 1. The van der Waals surface area contributed by atoms with E-state index >= 15 is 0 Å². The predicted molar refractivity (Wildman–Crippen MR) is 110 cm³/mol. The number of benzene rings is 3. The summed E-state index contributed by atoms with van der Waals surface area (Å²) in [6.07, 6.45) is 0.830. The minimum atomic E-state index is -3.66. The molecule has 1 aliphatic heterocycles. The van der Waals surface area contributed by atoms with Crippen molar-refractivity contribution in [1.29, 1.82) is 0 Å². The normalized spacial score (nSPS) is 15.9. The van der Waals surface area contributed by atoms with Gasteiger partial charge in [-0.2, -0.15) is 0 Å². The number of hydrogen-bond donors (Lipinski definition) is 1. The summed E-state index contributed by atoms with van der Waals surface area (Å²) < 4.78 is 27.4. The monoisotopic (exact) mass is 392 g/mol. The summed E-state index contributed by atoms with van der Waals surface area (Å²) >= 11 is 0. The molecule has 1 N–H and O–H groups in total. The molecule has 1 amide bonds. The Balaban J connectivity index is 1.55. The highest BCUT2D eigenvalue weighted by Gasteiger charge is 2.31. The number of amides is 1. The van der Waals surface area contributed by atoms with Gasteiger partial charge in [0.15, 0.2) is 0 Å². The molecule has 0 aromatic heterocycles. The lowest BCUT2D eigenvalue weighted by atomic mass is 10.1. The molecule has 142 valence electrons. The number of anilines is 2. The van der Waals surface area contributed by atoms with E-state index in [1.165, 1.54) is 12.1 Å². The van der Waals surface area contributed by atoms with E-state index in [-0.39, 0.29) is 16.8 Å². The first-order valence-corrected chi connectivity index (χ1v) is 10.5. The Bertz CT molecular complexity index is 1110. The van der Waals surface area contributed by atoms with E-state index in [1.54, 1.807) is 47.4 Å². The minimum Gasteiger partial charge on any atom is -0.305 e. The Kier molecular flexibility index (Phi) is 4.65. The Morgan fingerprint density at radius 3 is 2.29 bits per heavy atom. The molecule has 1 atom stereocenters. The smallest absolute Gasteiger partial charge is 0.261 e. The van der Waals surface area contributed by atoms with Crippen molar-refractivity contribution in [2.24, 2.45) is 0 Å². The largest absolute Gasteiger partial charge is 0.305 e. The SMILES string of the molecule is CC1Cc2ccccc2N1C(=O)c1ccc(NS(=O)(=O)c2ccccc2)cc1. The average Bonchev–Trinajstić information content (AvgIpc) is 3.04. The third kappa shape index (κ3) is 3.39. The number of nitrogens with one attached hydrogen (secondary N) is 1. The van der Waals surface area contributed by atoms with Crippen molar-refractivity contribution in [3.63, 3.8) is 0 Å². The maximum atomic E-state index is 13.0. The number of hydrogen-bond acceptors (Lipinski definition) is 3. The molecule has 5 nitrogen and oxygen atoms in total. The summed E-state index contributed by atoms with van der Waals surface area (Å²) in [6, 6.07) is 22.7. The van der Waals surface area contributed by atoms with Crippen LogP contribution in [0.25, 0.3) is 0 Å². The van der Waals surface area contributed by atoms with Gasteiger partial charge in [0.2, 0.25) is 0 Å². The van der Waals surface area contributed by atoms with Gasteiger partial charge < -0.3 is 4.90 Å². The van der Waals surface area contributed by atoms with Crippen LogP contribution in [0.1, 0.15) is 22.8 Å². The maximum Gasteiger partial charge on any atom is 0.261 e. The predicted octanol–water partition coefficient (Wildman–Crippen LogP) is 4.08. The van der Waals surface area contributed by atoms with Gasteiger partial charge >= 0.3 is 0 Å². The Morgan fingerprint density at radius 2 is 1.57 bits per heavy atom. The van der Waals surface area contributed by atoms with Crippen molar-refractivity contribution < 1.29 is 13.2 Å². The fourth-order valence-electron chi connectivity index (χ4n) is 3.51. The van der Waals surface area contributed by atoms with Crippen LogP contribution in [0, 0.1) is 0 Å². The molecule has 28 heavy (non-hydrogen) atoms. The summed E-state index contributed by atoms with van der Waals surface area (Å²) in [5.74, 6) is -0.0880. The molecule has 0 saturated carbocycles. The number of fused-ring (bicyclic) bond motifs is 1. The van der Waals surface area contributed by atoms with Crippen LogP contribution < -0.4 is 9.62 Å². The molecule has 0 saturated heterocycles. The lowest BCUT2D eigenvalue weighted by molar-refractivity contribution is 0.0981. The zero-order valence-electron chi connectivity index (χ0n) is 15.4. The number of sulfonamides is 1. The van der Waals surface area contributed by atoms with E-state index in [9.17, 15) is 13.2 Å². The Morgan fingerprint density at radius 1 is 0.929 bits per heavy atom. The molecule has 0 radical (unpaired) electrons. The molecule has 1 aliphatic rings. The summed E-state index contributed by atoms with van der Waals surface area (Å²) in [7, 11) is -3.66. The van der Waals surface area contributed by atoms with E-state index in [2.05, 4.69) is 4.72 Å². The Labute approximate surface area is 164 Å². The fourth-order valence-corrected chi connectivity index (χ4v) is 4.59. The molecule has 6 heteroatoms. The second-order valence-electron chi connectivity index (χ2n) is 6.85. The van der Waals surface area contributed by atoms with Gasteiger partial charge in [-0.3, -0.25) is 9.52 Å². The quantitative estimate of drug-likeness (QED) is 0.728. The third-order valence-electron chi connectivity index (χ3n) is 4.86. The molecule has 1 unspecified atom stereocenters. The lowest BCUT2D eigenvalue weighted by Gasteiger charge is -2.23. The molecule has 0 fully saturated rings. The molecular weight excluding hydrogens is 372 g/mol. The third-order valence-corrected chi connectivity index (χ3v) is 6.26. The first-order chi connectivity index (χ1) is 13.5. The lowest BCUT2D eigenvalue weighted by Crippen LogP contribution is -2.35. The van der Waals surface area contributed by atoms with Crippen LogP contribution in [0.2, 0.25) is 0 Å². The van der Waals surface area contributed by atoms with E-state index in [1.807, 2.05) is 31.2 Å². The zero-order valence-corrected chi connectivity index (χ0v) is 16.2. The number of carbonyl (C=O) groups is 1. The van der Waals surface area contributed by atoms with Crippen LogP contribution in [0.15, 0.2) is 83.8 Å². The number of rotatable bonds is 4. The van der Waals surface area contributed by atoms with Crippen molar-refractivity contribution in [3.8, 4) is 0 Å². The Hall–Kier alpha value is -3.12. The summed E-state index contributed by atoms with van der Waals surface area (Å²) in [5.41, 5.74) is 3.03. The van der Waals surface area contributed by atoms with Crippen LogP contribution in [-0.2, 0) is 16.4 Å². The molecule has 3 aromatic carbocycles. The van der Waals surface area contributed by atoms with Gasteiger partial charge in [-0.05, 0) is 61.4 Å². The fraction of sp³-hybridized carbons (Fsp3) is 0.136. The van der Waals surface area contributed by atoms with Crippen molar-refractivity contribution in [3.05, 3.63) is 90.0 Å². The molecule has 1 heterocycles. The van der Waals surface area contributed by atoms with Gasteiger partial charge in [0, 0.05) is 23.0 Å². The standard InChI is InChI=1S/C22H20N2O3S/c1-16-15-18-7-5-6-10-21(18)24(16)22(25)17-11-13-19(14-12-17)23-28(26,27)20-8-3-2-4-9-20/h2-14,16,23H,15H2,1H3.